The van der Waals surface area contributed by atoms with E-state index in [0.29, 0.717) is 48.8 Å². The Kier molecular flexibility index (Phi) is 9.22. The number of ether oxygens (including phenoxy) is 1. The number of imidazole rings is 1. The van der Waals surface area contributed by atoms with Gasteiger partial charge >= 0.3 is 0 Å². The van der Waals surface area contributed by atoms with Crippen molar-refractivity contribution in [1.82, 2.24) is 29.3 Å². The summed E-state index contributed by atoms with van der Waals surface area (Å²) >= 11 is 1.49. The predicted octanol–water partition coefficient (Wildman–Crippen LogP) is 5.18. The number of para-hydroxylation sites is 1. The number of β-amino-alcohol motifs (C(OH)–C–C–N with tert-alkyl or cyclic N) is 1. The summed E-state index contributed by atoms with van der Waals surface area (Å²) < 4.78 is 38.0. The molecule has 0 amide bonds. The molecular formula is C38H38F2N8O3S. The Morgan fingerprint density at radius 3 is 2.60 bits per heavy atom. The second kappa shape index (κ2) is 14.1. The third kappa shape index (κ3) is 6.77. The van der Waals surface area contributed by atoms with Gasteiger partial charge in [-0.15, -0.1) is 11.3 Å². The Morgan fingerprint density at radius 1 is 1.00 bits per heavy atom. The molecule has 1 saturated heterocycles. The first-order chi connectivity index (χ1) is 25.2. The highest BCUT2D eigenvalue weighted by Gasteiger charge is 2.36. The highest BCUT2D eigenvalue weighted by atomic mass is 32.1. The number of nitrogens with two attached hydrogens (primary N) is 1. The summed E-state index contributed by atoms with van der Waals surface area (Å²) in [5.74, 6) is -0.789. The highest BCUT2D eigenvalue weighted by molar-refractivity contribution is 7.18. The lowest BCUT2D eigenvalue weighted by molar-refractivity contribution is -0.0247. The van der Waals surface area contributed by atoms with E-state index in [-0.39, 0.29) is 36.1 Å². The Hall–Kier alpha value is -5.15. The van der Waals surface area contributed by atoms with E-state index in [1.807, 2.05) is 42.5 Å². The number of nitrogens with one attached hydrogen (secondary N) is 1. The number of aromatic nitrogens is 4. The average molecular weight is 725 g/mol. The number of rotatable bonds is 10. The molecule has 6 aromatic rings. The SMILES string of the molecule is Nc1nc2sc(CNC3CCN(C[C@](O)(Cn4ccnc4)c4ccc(F)cc4F)CC3)cc2n(-c2ccc3c(c2)N(c2ccccc2)CCO3)c1=O. The Morgan fingerprint density at radius 2 is 1.83 bits per heavy atom. The van der Waals surface area contributed by atoms with Crippen molar-refractivity contribution in [2.24, 2.45) is 0 Å². The first-order valence-electron chi connectivity index (χ1n) is 17.2. The van der Waals surface area contributed by atoms with Gasteiger partial charge in [0.05, 0.1) is 36.3 Å². The van der Waals surface area contributed by atoms with Gasteiger partial charge in [-0.25, -0.2) is 18.7 Å². The van der Waals surface area contributed by atoms with E-state index in [1.54, 1.807) is 27.9 Å². The predicted molar refractivity (Wildman–Crippen MR) is 197 cm³/mol. The maximum absolute atomic E-state index is 15.0. The van der Waals surface area contributed by atoms with Crippen LogP contribution in [0.3, 0.4) is 0 Å². The zero-order valence-electron chi connectivity index (χ0n) is 28.3. The van der Waals surface area contributed by atoms with E-state index in [1.165, 1.54) is 23.5 Å². The summed E-state index contributed by atoms with van der Waals surface area (Å²) in [5, 5.41) is 15.5. The molecule has 52 heavy (non-hydrogen) atoms. The van der Waals surface area contributed by atoms with Crippen LogP contribution in [0.2, 0.25) is 0 Å². The zero-order chi connectivity index (χ0) is 35.8. The second-order valence-electron chi connectivity index (χ2n) is 13.4. The third-order valence-electron chi connectivity index (χ3n) is 9.84. The minimum absolute atomic E-state index is 0.0533. The van der Waals surface area contributed by atoms with Crippen molar-refractivity contribution in [3.05, 3.63) is 124 Å². The van der Waals surface area contributed by atoms with Crippen molar-refractivity contribution in [2.75, 3.05) is 43.4 Å². The van der Waals surface area contributed by atoms with Crippen LogP contribution in [0.15, 0.2) is 96.3 Å². The van der Waals surface area contributed by atoms with E-state index < -0.39 is 17.2 Å². The number of halogens is 2. The highest BCUT2D eigenvalue weighted by Crippen LogP contribution is 2.39. The Bertz CT molecular complexity index is 2260. The lowest BCUT2D eigenvalue weighted by Gasteiger charge is -2.39. The number of nitrogens with zero attached hydrogens (tertiary/aromatic N) is 6. The van der Waals surface area contributed by atoms with Crippen LogP contribution >= 0.6 is 11.3 Å². The summed E-state index contributed by atoms with van der Waals surface area (Å²) in [7, 11) is 0. The van der Waals surface area contributed by atoms with E-state index >= 15 is 0 Å². The van der Waals surface area contributed by atoms with Crippen LogP contribution in [0.4, 0.5) is 26.0 Å². The van der Waals surface area contributed by atoms with Gasteiger partial charge in [-0.1, -0.05) is 24.3 Å². The molecule has 268 valence electrons. The molecule has 11 nitrogen and oxygen atoms in total. The van der Waals surface area contributed by atoms with Crippen molar-refractivity contribution in [3.63, 3.8) is 0 Å². The first kappa shape index (κ1) is 34.0. The van der Waals surface area contributed by atoms with Crippen molar-refractivity contribution in [1.29, 1.82) is 0 Å². The van der Waals surface area contributed by atoms with Crippen LogP contribution < -0.4 is 26.2 Å². The number of hydrogen-bond donors (Lipinski definition) is 3. The third-order valence-corrected chi connectivity index (χ3v) is 10.9. The smallest absolute Gasteiger partial charge is 0.298 e. The molecule has 2 aliphatic rings. The van der Waals surface area contributed by atoms with E-state index in [4.69, 9.17) is 10.5 Å². The molecule has 0 saturated carbocycles. The first-order valence-corrected chi connectivity index (χ1v) is 18.1. The number of nitrogen functional groups attached to an aromatic ring is 1. The number of fused-ring (bicyclic) bond motifs is 2. The van der Waals surface area contributed by atoms with Crippen LogP contribution in [0.5, 0.6) is 5.75 Å². The minimum Gasteiger partial charge on any atom is -0.490 e. The van der Waals surface area contributed by atoms with Crippen LogP contribution in [0.1, 0.15) is 23.3 Å². The monoisotopic (exact) mass is 724 g/mol. The largest absolute Gasteiger partial charge is 0.490 e. The number of aliphatic hydroxyl groups is 1. The topological polar surface area (TPSA) is 127 Å². The van der Waals surface area contributed by atoms with Crippen LogP contribution in [0.25, 0.3) is 16.0 Å². The molecule has 14 heteroatoms. The lowest BCUT2D eigenvalue weighted by atomic mass is 9.91. The number of benzene rings is 3. The van der Waals surface area contributed by atoms with Gasteiger partial charge in [0, 0.05) is 53.7 Å². The van der Waals surface area contributed by atoms with Crippen molar-refractivity contribution in [2.45, 2.75) is 37.6 Å². The Balaban J connectivity index is 0.969. The summed E-state index contributed by atoms with van der Waals surface area (Å²) in [6.07, 6.45) is 6.50. The number of hydrogen-bond acceptors (Lipinski definition) is 10. The molecule has 2 aliphatic heterocycles. The van der Waals surface area contributed by atoms with Crippen LogP contribution in [-0.4, -0.2) is 67.9 Å². The number of thiophene rings is 1. The number of piperidine rings is 1. The Labute approximate surface area is 302 Å². The molecular weight excluding hydrogens is 687 g/mol. The zero-order valence-corrected chi connectivity index (χ0v) is 29.1. The fraction of sp³-hybridized carbons (Fsp3) is 0.289. The fourth-order valence-electron chi connectivity index (χ4n) is 7.29. The van der Waals surface area contributed by atoms with Crippen LogP contribution in [0, 0.1) is 11.6 Å². The summed E-state index contributed by atoms with van der Waals surface area (Å²) in [4.78, 5) is 28.0. The second-order valence-corrected chi connectivity index (χ2v) is 14.5. The quantitative estimate of drug-likeness (QED) is 0.175. The molecule has 0 unspecified atom stereocenters. The molecule has 3 aromatic heterocycles. The van der Waals surface area contributed by atoms with Gasteiger partial charge in [-0.3, -0.25) is 14.3 Å². The van der Waals surface area contributed by atoms with Gasteiger partial charge in [0.2, 0.25) is 0 Å². The summed E-state index contributed by atoms with van der Waals surface area (Å²) in [5.41, 5.74) is 7.52. The lowest BCUT2D eigenvalue weighted by Crippen LogP contribution is -2.49. The molecule has 1 atom stereocenters. The fourth-order valence-corrected chi connectivity index (χ4v) is 8.26. The van der Waals surface area contributed by atoms with Gasteiger partial charge in [0.25, 0.3) is 5.56 Å². The average Bonchev–Trinajstić information content (AvgIpc) is 3.81. The summed E-state index contributed by atoms with van der Waals surface area (Å²) in [6, 6.07) is 21.3. The van der Waals surface area contributed by atoms with Gasteiger partial charge in [0.15, 0.2) is 5.82 Å². The van der Waals surface area contributed by atoms with Crippen LogP contribution in [-0.2, 0) is 18.7 Å². The molecule has 3 aromatic carbocycles. The molecule has 8 rings (SSSR count). The maximum Gasteiger partial charge on any atom is 0.298 e. The molecule has 0 radical (unpaired) electrons. The van der Waals surface area contributed by atoms with E-state index in [0.717, 1.165) is 40.9 Å². The van der Waals surface area contributed by atoms with Gasteiger partial charge in [-0.05, 0) is 68.4 Å². The molecule has 0 aliphatic carbocycles. The minimum atomic E-state index is -1.59. The molecule has 0 spiro atoms. The molecule has 1 fully saturated rings. The normalized spacial score (nSPS) is 16.5. The standard InChI is InChI=1S/C38H38F2N8O3S/c39-25-6-8-30(31(40)18-25)38(50,23-46-15-12-42-24-46)22-45-13-10-26(11-14-45)43-21-29-20-33-36(52-29)44-35(41)37(49)48(33)28-7-9-34-32(19-28)47(16-17-51-34)27-4-2-1-3-5-27/h1-9,12,15,18-20,24,26,43,50H,10-11,13-14,16-17,21-23H2,(H2,41,44)/t38-/m0/s1. The van der Waals surface area contributed by atoms with Crippen molar-refractivity contribution >= 4 is 38.9 Å². The van der Waals surface area contributed by atoms with Gasteiger partial charge in [-0.2, -0.15) is 0 Å². The van der Waals surface area contributed by atoms with Crippen molar-refractivity contribution < 1.29 is 18.6 Å². The number of anilines is 3. The van der Waals surface area contributed by atoms with Crippen molar-refractivity contribution in [3.8, 4) is 11.4 Å². The van der Waals surface area contributed by atoms with Gasteiger partial charge in [0.1, 0.15) is 34.4 Å². The molecule has 0 bridgehead atoms. The summed E-state index contributed by atoms with van der Waals surface area (Å²) in [6.45, 7) is 3.42. The number of likely N-dealkylation sites (tertiary alicyclic amines) is 1. The van der Waals surface area contributed by atoms with E-state index in [9.17, 15) is 18.7 Å². The van der Waals surface area contributed by atoms with E-state index in [2.05, 4.69) is 37.2 Å². The molecule has 4 N–H and O–H groups in total. The molecule has 5 heterocycles. The van der Waals surface area contributed by atoms with Gasteiger partial charge < -0.3 is 30.4 Å². The maximum atomic E-state index is 15.0.